The molecule has 0 spiro atoms. The van der Waals surface area contributed by atoms with Gasteiger partial charge in [0, 0.05) is 0 Å². The van der Waals surface area contributed by atoms with Gasteiger partial charge in [0.15, 0.2) is 5.82 Å². The summed E-state index contributed by atoms with van der Waals surface area (Å²) in [5.74, 6) is 1.50. The summed E-state index contributed by atoms with van der Waals surface area (Å²) in [4.78, 5) is 0. The van der Waals surface area contributed by atoms with Crippen LogP contribution in [0.5, 0.6) is 0 Å². The van der Waals surface area contributed by atoms with Crippen molar-refractivity contribution in [2.75, 3.05) is 6.54 Å². The van der Waals surface area contributed by atoms with Crippen LogP contribution >= 0.6 is 0 Å². The number of benzene rings is 1. The molecule has 0 saturated carbocycles. The van der Waals surface area contributed by atoms with Crippen LogP contribution in [0.25, 0.3) is 0 Å². The predicted molar refractivity (Wildman–Crippen MR) is 84.0 cm³/mol. The van der Waals surface area contributed by atoms with Crippen molar-refractivity contribution < 1.29 is 0 Å². The van der Waals surface area contributed by atoms with Crippen LogP contribution in [0.4, 0.5) is 0 Å². The molecule has 0 aliphatic heterocycles. The average Bonchev–Trinajstić information content (AvgIpc) is 2.93. The summed E-state index contributed by atoms with van der Waals surface area (Å²) in [5, 5.41) is 15.7. The van der Waals surface area contributed by atoms with E-state index in [2.05, 4.69) is 72.8 Å². The maximum Gasteiger partial charge on any atom is 0.168 e. The highest BCUT2D eigenvalue weighted by atomic mass is 15.5. The first-order valence-corrected chi connectivity index (χ1v) is 7.68. The molecule has 0 fully saturated rings. The minimum Gasteiger partial charge on any atom is -0.307 e. The van der Waals surface area contributed by atoms with Gasteiger partial charge in [0.2, 0.25) is 0 Å². The molecule has 5 nitrogen and oxygen atoms in total. The predicted octanol–water partition coefficient (Wildman–Crippen LogP) is 2.59. The zero-order valence-corrected chi connectivity index (χ0v) is 13.4. The van der Waals surface area contributed by atoms with E-state index in [1.54, 1.807) is 0 Å². The lowest BCUT2D eigenvalue weighted by molar-refractivity contribution is 0.461. The number of nitrogens with zero attached hydrogens (tertiary/aromatic N) is 4. The molecule has 1 atom stereocenters. The smallest absolute Gasteiger partial charge is 0.168 e. The SMILES string of the molecule is CCc1ccccc1Cn1nnnc1C(C)NCC(C)C. The lowest BCUT2D eigenvalue weighted by atomic mass is 10.1. The first-order valence-electron chi connectivity index (χ1n) is 7.68. The molecule has 2 aromatic rings. The first-order chi connectivity index (χ1) is 10.1. The van der Waals surface area contributed by atoms with Crippen LogP contribution in [-0.2, 0) is 13.0 Å². The zero-order chi connectivity index (χ0) is 15.2. The number of rotatable bonds is 7. The van der Waals surface area contributed by atoms with Crippen LogP contribution in [0, 0.1) is 5.92 Å². The van der Waals surface area contributed by atoms with Crippen molar-refractivity contribution in [3.05, 3.63) is 41.2 Å². The molecule has 5 heteroatoms. The molecule has 1 aromatic carbocycles. The van der Waals surface area contributed by atoms with E-state index in [-0.39, 0.29) is 6.04 Å². The van der Waals surface area contributed by atoms with Crippen LogP contribution in [-0.4, -0.2) is 26.8 Å². The molecule has 114 valence electrons. The van der Waals surface area contributed by atoms with Crippen molar-refractivity contribution in [1.82, 2.24) is 25.5 Å². The molecular formula is C16H25N5. The highest BCUT2D eigenvalue weighted by Crippen LogP contribution is 2.14. The van der Waals surface area contributed by atoms with E-state index in [0.717, 1.165) is 25.3 Å². The van der Waals surface area contributed by atoms with E-state index >= 15 is 0 Å². The molecule has 1 aromatic heterocycles. The average molecular weight is 287 g/mol. The molecule has 0 radical (unpaired) electrons. The van der Waals surface area contributed by atoms with Crippen molar-refractivity contribution >= 4 is 0 Å². The number of nitrogens with one attached hydrogen (secondary N) is 1. The van der Waals surface area contributed by atoms with Gasteiger partial charge in [0.25, 0.3) is 0 Å². The molecule has 0 aliphatic carbocycles. The highest BCUT2D eigenvalue weighted by Gasteiger charge is 2.15. The standard InChI is InChI=1S/C16H25N5/c1-5-14-8-6-7-9-15(14)11-21-16(18-19-20-21)13(4)17-10-12(2)3/h6-9,12-13,17H,5,10-11H2,1-4H3. The second-order valence-corrected chi connectivity index (χ2v) is 5.84. The summed E-state index contributed by atoms with van der Waals surface area (Å²) in [7, 11) is 0. The quantitative estimate of drug-likeness (QED) is 0.850. The summed E-state index contributed by atoms with van der Waals surface area (Å²) in [6.45, 7) is 10.3. The van der Waals surface area contributed by atoms with Gasteiger partial charge in [-0.1, -0.05) is 45.0 Å². The maximum absolute atomic E-state index is 4.19. The Bertz CT molecular complexity index is 561. The fraction of sp³-hybridized carbons (Fsp3) is 0.562. The lowest BCUT2D eigenvalue weighted by Gasteiger charge is -2.15. The Labute approximate surface area is 126 Å². The maximum atomic E-state index is 4.19. The van der Waals surface area contributed by atoms with Gasteiger partial charge in [0.05, 0.1) is 12.6 Å². The van der Waals surface area contributed by atoms with E-state index in [9.17, 15) is 0 Å². The fourth-order valence-corrected chi connectivity index (χ4v) is 2.36. The Kier molecular flexibility index (Phi) is 5.44. The van der Waals surface area contributed by atoms with Gasteiger partial charge in [-0.2, -0.15) is 0 Å². The number of aromatic nitrogens is 4. The molecule has 0 amide bonds. The van der Waals surface area contributed by atoms with Crippen molar-refractivity contribution in [3.63, 3.8) is 0 Å². The van der Waals surface area contributed by atoms with E-state index in [1.165, 1.54) is 11.1 Å². The molecule has 0 saturated heterocycles. The van der Waals surface area contributed by atoms with E-state index in [1.807, 2.05) is 4.68 Å². The lowest BCUT2D eigenvalue weighted by Crippen LogP contribution is -2.26. The Hall–Kier alpha value is -1.75. The summed E-state index contributed by atoms with van der Waals surface area (Å²) in [5.41, 5.74) is 2.63. The zero-order valence-electron chi connectivity index (χ0n) is 13.4. The minimum atomic E-state index is 0.149. The third-order valence-corrected chi connectivity index (χ3v) is 3.60. The van der Waals surface area contributed by atoms with Gasteiger partial charge in [-0.3, -0.25) is 0 Å². The Balaban J connectivity index is 2.13. The van der Waals surface area contributed by atoms with Gasteiger partial charge in [-0.05, 0) is 47.4 Å². The molecule has 1 N–H and O–H groups in total. The van der Waals surface area contributed by atoms with Crippen LogP contribution in [0.15, 0.2) is 24.3 Å². The molecule has 2 rings (SSSR count). The van der Waals surface area contributed by atoms with Gasteiger partial charge in [0.1, 0.15) is 0 Å². The molecule has 21 heavy (non-hydrogen) atoms. The number of aryl methyl sites for hydroxylation is 1. The summed E-state index contributed by atoms with van der Waals surface area (Å²) < 4.78 is 1.90. The second kappa shape index (κ2) is 7.31. The molecule has 1 unspecified atom stereocenters. The van der Waals surface area contributed by atoms with Crippen molar-refractivity contribution in [3.8, 4) is 0 Å². The summed E-state index contributed by atoms with van der Waals surface area (Å²) >= 11 is 0. The molecular weight excluding hydrogens is 262 g/mol. The normalized spacial score (nSPS) is 12.8. The molecule has 0 bridgehead atoms. The minimum absolute atomic E-state index is 0.149. The Morgan fingerprint density at radius 1 is 1.14 bits per heavy atom. The van der Waals surface area contributed by atoms with Gasteiger partial charge in [-0.15, -0.1) is 5.10 Å². The van der Waals surface area contributed by atoms with E-state index < -0.39 is 0 Å². The third-order valence-electron chi connectivity index (χ3n) is 3.60. The van der Waals surface area contributed by atoms with Gasteiger partial charge in [-0.25, -0.2) is 4.68 Å². The molecule has 0 aliphatic rings. The molecule has 1 heterocycles. The fourth-order valence-electron chi connectivity index (χ4n) is 2.36. The van der Waals surface area contributed by atoms with Crippen LogP contribution in [0.1, 0.15) is 50.7 Å². The topological polar surface area (TPSA) is 55.6 Å². The highest BCUT2D eigenvalue weighted by molar-refractivity contribution is 5.27. The number of tetrazole rings is 1. The largest absolute Gasteiger partial charge is 0.307 e. The number of hydrogen-bond donors (Lipinski definition) is 1. The van der Waals surface area contributed by atoms with Crippen LogP contribution in [0.3, 0.4) is 0 Å². The van der Waals surface area contributed by atoms with Crippen LogP contribution < -0.4 is 5.32 Å². The number of hydrogen-bond acceptors (Lipinski definition) is 4. The summed E-state index contributed by atoms with van der Waals surface area (Å²) in [6, 6.07) is 8.61. The van der Waals surface area contributed by atoms with Crippen molar-refractivity contribution in [1.29, 1.82) is 0 Å². The van der Waals surface area contributed by atoms with Crippen molar-refractivity contribution in [2.45, 2.75) is 46.7 Å². The second-order valence-electron chi connectivity index (χ2n) is 5.84. The third kappa shape index (κ3) is 4.11. The van der Waals surface area contributed by atoms with E-state index in [4.69, 9.17) is 0 Å². The van der Waals surface area contributed by atoms with Crippen LogP contribution in [0.2, 0.25) is 0 Å². The monoisotopic (exact) mass is 287 g/mol. The first kappa shape index (κ1) is 15.6. The summed E-state index contributed by atoms with van der Waals surface area (Å²) in [6.07, 6.45) is 1.02. The Morgan fingerprint density at radius 2 is 1.86 bits per heavy atom. The van der Waals surface area contributed by atoms with Crippen molar-refractivity contribution in [2.24, 2.45) is 5.92 Å². The van der Waals surface area contributed by atoms with E-state index in [0.29, 0.717) is 5.92 Å². The van der Waals surface area contributed by atoms with Gasteiger partial charge >= 0.3 is 0 Å². The Morgan fingerprint density at radius 3 is 2.52 bits per heavy atom. The van der Waals surface area contributed by atoms with Gasteiger partial charge < -0.3 is 5.32 Å².